The molecule has 0 aromatic carbocycles. The molecule has 0 saturated carbocycles. The number of hydrogen-bond acceptors (Lipinski definition) is 6. The van der Waals surface area contributed by atoms with Crippen LogP contribution in [0.15, 0.2) is 22.9 Å². The van der Waals surface area contributed by atoms with E-state index in [9.17, 15) is 9.59 Å². The Hall–Kier alpha value is -2.84. The van der Waals surface area contributed by atoms with Gasteiger partial charge < -0.3 is 24.5 Å². The number of rotatable bonds is 5. The van der Waals surface area contributed by atoms with Crippen LogP contribution in [0.4, 0.5) is 4.79 Å². The Labute approximate surface area is 120 Å². The minimum atomic E-state index is -0.533. The molecule has 2 amide bonds. The second kappa shape index (κ2) is 6.55. The fourth-order valence-electron chi connectivity index (χ4n) is 1.57. The zero-order valence-corrected chi connectivity index (χ0v) is 11.6. The molecule has 0 aliphatic heterocycles. The van der Waals surface area contributed by atoms with Crippen LogP contribution in [0, 0.1) is 0 Å². The number of urea groups is 1. The molecule has 0 aliphatic carbocycles. The molecule has 9 heteroatoms. The van der Waals surface area contributed by atoms with Crippen LogP contribution in [0.25, 0.3) is 11.5 Å². The van der Waals surface area contributed by atoms with Crippen LogP contribution in [0.5, 0.6) is 0 Å². The molecule has 2 heterocycles. The Morgan fingerprint density at radius 2 is 2.24 bits per heavy atom. The number of nitrogens with zero attached hydrogens (tertiary/aromatic N) is 3. The first-order valence-electron chi connectivity index (χ1n) is 6.13. The molecule has 0 bridgehead atoms. The predicted molar refractivity (Wildman–Crippen MR) is 71.0 cm³/mol. The SMILES string of the molecule is COC(=O)CNC(=O)NCc1nc(-c2cccn2C)no1. The van der Waals surface area contributed by atoms with Crippen molar-refractivity contribution >= 4 is 12.0 Å². The van der Waals surface area contributed by atoms with E-state index in [2.05, 4.69) is 25.5 Å². The van der Waals surface area contributed by atoms with E-state index in [1.165, 1.54) is 7.11 Å². The van der Waals surface area contributed by atoms with Gasteiger partial charge in [-0.05, 0) is 12.1 Å². The maximum absolute atomic E-state index is 11.4. The Morgan fingerprint density at radius 3 is 2.90 bits per heavy atom. The van der Waals surface area contributed by atoms with Gasteiger partial charge in [0.1, 0.15) is 6.54 Å². The zero-order valence-electron chi connectivity index (χ0n) is 11.6. The van der Waals surface area contributed by atoms with Gasteiger partial charge in [0.2, 0.25) is 11.7 Å². The smallest absolute Gasteiger partial charge is 0.325 e. The number of hydrogen-bond donors (Lipinski definition) is 2. The summed E-state index contributed by atoms with van der Waals surface area (Å²) in [4.78, 5) is 26.4. The number of esters is 1. The summed E-state index contributed by atoms with van der Waals surface area (Å²) in [5.74, 6) is 0.169. The minimum Gasteiger partial charge on any atom is -0.468 e. The number of ether oxygens (including phenoxy) is 1. The van der Waals surface area contributed by atoms with Crippen molar-refractivity contribution in [1.29, 1.82) is 0 Å². The first-order valence-corrected chi connectivity index (χ1v) is 6.13. The molecule has 0 aliphatic rings. The maximum atomic E-state index is 11.4. The summed E-state index contributed by atoms with van der Waals surface area (Å²) in [6.45, 7) is -0.148. The third-order valence-corrected chi connectivity index (χ3v) is 2.66. The van der Waals surface area contributed by atoms with Crippen molar-refractivity contribution in [3.8, 4) is 11.5 Å². The lowest BCUT2D eigenvalue weighted by atomic mass is 10.4. The van der Waals surface area contributed by atoms with Crippen LogP contribution in [-0.2, 0) is 23.1 Å². The highest BCUT2D eigenvalue weighted by Crippen LogP contribution is 2.15. The Bertz CT molecular complexity index is 633. The van der Waals surface area contributed by atoms with Crippen LogP contribution in [0.2, 0.25) is 0 Å². The Balaban J connectivity index is 1.85. The standard InChI is InChI=1S/C12H15N5O4/c1-17-5-3-4-8(17)11-15-9(21-16-11)6-13-12(19)14-7-10(18)20-2/h3-5H,6-7H2,1-2H3,(H2,13,14,19). The number of aromatic nitrogens is 3. The molecule has 2 aromatic heterocycles. The molecule has 0 saturated heterocycles. The molecular weight excluding hydrogens is 278 g/mol. The van der Waals surface area contributed by atoms with Crippen molar-refractivity contribution in [2.45, 2.75) is 6.54 Å². The highest BCUT2D eigenvalue weighted by atomic mass is 16.5. The molecule has 0 spiro atoms. The summed E-state index contributed by atoms with van der Waals surface area (Å²) < 4.78 is 11.3. The van der Waals surface area contributed by atoms with Gasteiger partial charge in [-0.25, -0.2) is 4.79 Å². The summed E-state index contributed by atoms with van der Waals surface area (Å²) in [5, 5.41) is 8.65. The van der Waals surface area contributed by atoms with Gasteiger partial charge in [-0.1, -0.05) is 5.16 Å². The summed E-state index contributed by atoms with van der Waals surface area (Å²) in [6, 6.07) is 3.19. The largest absolute Gasteiger partial charge is 0.468 e. The molecule has 21 heavy (non-hydrogen) atoms. The van der Waals surface area contributed by atoms with Crippen molar-refractivity contribution in [2.24, 2.45) is 7.05 Å². The van der Waals surface area contributed by atoms with Gasteiger partial charge in [-0.15, -0.1) is 0 Å². The lowest BCUT2D eigenvalue weighted by Gasteiger charge is -2.03. The van der Waals surface area contributed by atoms with Crippen LogP contribution < -0.4 is 10.6 Å². The van der Waals surface area contributed by atoms with Crippen molar-refractivity contribution < 1.29 is 18.8 Å². The van der Waals surface area contributed by atoms with E-state index in [4.69, 9.17) is 4.52 Å². The molecule has 112 valence electrons. The van der Waals surface area contributed by atoms with E-state index >= 15 is 0 Å². The van der Waals surface area contributed by atoms with Crippen molar-refractivity contribution in [2.75, 3.05) is 13.7 Å². The summed E-state index contributed by atoms with van der Waals surface area (Å²) in [6.07, 6.45) is 1.86. The van der Waals surface area contributed by atoms with Gasteiger partial charge in [0.25, 0.3) is 0 Å². The first kappa shape index (κ1) is 14.6. The number of methoxy groups -OCH3 is 1. The average Bonchev–Trinajstić information content (AvgIpc) is 3.10. The molecule has 0 fully saturated rings. The summed E-state index contributed by atoms with van der Waals surface area (Å²) >= 11 is 0. The summed E-state index contributed by atoms with van der Waals surface area (Å²) in [7, 11) is 3.11. The van der Waals surface area contributed by atoms with Crippen molar-refractivity contribution in [3.63, 3.8) is 0 Å². The van der Waals surface area contributed by atoms with Crippen LogP contribution >= 0.6 is 0 Å². The fraction of sp³-hybridized carbons (Fsp3) is 0.333. The number of carbonyl (C=O) groups is 2. The zero-order chi connectivity index (χ0) is 15.2. The van der Waals surface area contributed by atoms with Crippen LogP contribution in [-0.4, -0.2) is 40.4 Å². The lowest BCUT2D eigenvalue weighted by molar-refractivity contribution is -0.139. The minimum absolute atomic E-state index is 0.0599. The van der Waals surface area contributed by atoms with Gasteiger partial charge in [0, 0.05) is 13.2 Å². The normalized spacial score (nSPS) is 10.2. The molecule has 0 unspecified atom stereocenters. The highest BCUT2D eigenvalue weighted by Gasteiger charge is 2.12. The topological polar surface area (TPSA) is 111 Å². The highest BCUT2D eigenvalue weighted by molar-refractivity contribution is 5.80. The quantitative estimate of drug-likeness (QED) is 0.753. The first-order chi connectivity index (χ1) is 10.1. The number of amides is 2. The van der Waals surface area contributed by atoms with E-state index in [-0.39, 0.29) is 19.0 Å². The lowest BCUT2D eigenvalue weighted by Crippen LogP contribution is -2.38. The monoisotopic (exact) mass is 293 g/mol. The van der Waals surface area contributed by atoms with E-state index in [0.717, 1.165) is 5.69 Å². The van der Waals surface area contributed by atoms with E-state index in [1.807, 2.05) is 29.9 Å². The van der Waals surface area contributed by atoms with Gasteiger partial charge in [0.15, 0.2) is 0 Å². The third kappa shape index (κ3) is 3.81. The molecular formula is C12H15N5O4. The molecule has 0 atom stereocenters. The second-order valence-corrected chi connectivity index (χ2v) is 4.13. The van der Waals surface area contributed by atoms with Crippen molar-refractivity contribution in [1.82, 2.24) is 25.3 Å². The Morgan fingerprint density at radius 1 is 1.43 bits per heavy atom. The second-order valence-electron chi connectivity index (χ2n) is 4.13. The van der Waals surface area contributed by atoms with E-state index < -0.39 is 12.0 Å². The van der Waals surface area contributed by atoms with Gasteiger partial charge in [-0.2, -0.15) is 4.98 Å². The van der Waals surface area contributed by atoms with Gasteiger partial charge in [0.05, 0.1) is 19.3 Å². The maximum Gasteiger partial charge on any atom is 0.325 e. The third-order valence-electron chi connectivity index (χ3n) is 2.66. The number of aryl methyl sites for hydroxylation is 1. The molecule has 2 aromatic rings. The number of carbonyl (C=O) groups excluding carboxylic acids is 2. The summed E-state index contributed by atoms with van der Waals surface area (Å²) in [5.41, 5.74) is 0.806. The number of nitrogens with one attached hydrogen (secondary N) is 2. The van der Waals surface area contributed by atoms with E-state index in [0.29, 0.717) is 5.82 Å². The predicted octanol–water partition coefficient (Wildman–Crippen LogP) is 0.0473. The van der Waals surface area contributed by atoms with Crippen LogP contribution in [0.3, 0.4) is 0 Å². The Kier molecular flexibility index (Phi) is 4.54. The fourth-order valence-corrected chi connectivity index (χ4v) is 1.57. The van der Waals surface area contributed by atoms with Crippen LogP contribution in [0.1, 0.15) is 5.89 Å². The molecule has 2 rings (SSSR count). The van der Waals surface area contributed by atoms with Crippen molar-refractivity contribution in [3.05, 3.63) is 24.2 Å². The molecule has 9 nitrogen and oxygen atoms in total. The van der Waals surface area contributed by atoms with Gasteiger partial charge in [-0.3, -0.25) is 4.79 Å². The molecule has 0 radical (unpaired) electrons. The van der Waals surface area contributed by atoms with E-state index in [1.54, 1.807) is 0 Å². The van der Waals surface area contributed by atoms with Gasteiger partial charge >= 0.3 is 12.0 Å². The average molecular weight is 293 g/mol. The molecule has 2 N–H and O–H groups in total.